The molecule has 32 heavy (non-hydrogen) atoms. The van der Waals surface area contributed by atoms with E-state index in [1.165, 1.54) is 6.07 Å². The number of amides is 1. The Morgan fingerprint density at radius 1 is 1.19 bits per heavy atom. The normalized spacial score (nSPS) is 16.9. The average Bonchev–Trinajstić information content (AvgIpc) is 2.78. The Balaban J connectivity index is 1.70. The molecule has 1 aliphatic rings. The van der Waals surface area contributed by atoms with Gasteiger partial charge in [-0.25, -0.2) is 4.39 Å². The molecule has 1 heterocycles. The summed E-state index contributed by atoms with van der Waals surface area (Å²) < 4.78 is 19.5. The molecule has 0 radical (unpaired) electrons. The van der Waals surface area contributed by atoms with Crippen LogP contribution >= 0.6 is 0 Å². The molecule has 0 saturated carbocycles. The lowest BCUT2D eigenvalue weighted by molar-refractivity contribution is 0.0659. The minimum absolute atomic E-state index is 0.0383. The quantitative estimate of drug-likeness (QED) is 0.588. The van der Waals surface area contributed by atoms with Crippen LogP contribution in [0.3, 0.4) is 0 Å². The van der Waals surface area contributed by atoms with Crippen LogP contribution in [0.15, 0.2) is 42.5 Å². The molecule has 0 spiro atoms. The molecular formula is C26H36FN3O2. The van der Waals surface area contributed by atoms with E-state index < -0.39 is 0 Å². The topological polar surface area (TPSA) is 36.0 Å². The number of likely N-dealkylation sites (N-methyl/N-ethyl adjacent to an activating group) is 1. The van der Waals surface area contributed by atoms with Gasteiger partial charge in [-0.1, -0.05) is 24.3 Å². The number of benzene rings is 2. The van der Waals surface area contributed by atoms with E-state index >= 15 is 0 Å². The Morgan fingerprint density at radius 2 is 1.97 bits per heavy atom. The molecule has 1 aliphatic heterocycles. The lowest BCUT2D eigenvalue weighted by atomic mass is 9.96. The summed E-state index contributed by atoms with van der Waals surface area (Å²) in [6, 6.07) is 12.7. The first-order chi connectivity index (χ1) is 15.4. The number of rotatable bonds is 9. The van der Waals surface area contributed by atoms with Crippen molar-refractivity contribution >= 4 is 5.91 Å². The Kier molecular flexibility index (Phi) is 8.65. The highest BCUT2D eigenvalue weighted by Gasteiger charge is 2.26. The van der Waals surface area contributed by atoms with Crippen LogP contribution in [0.1, 0.15) is 34.3 Å². The van der Waals surface area contributed by atoms with E-state index in [0.717, 1.165) is 49.4 Å². The van der Waals surface area contributed by atoms with Crippen molar-refractivity contribution in [3.05, 3.63) is 65.0 Å². The maximum Gasteiger partial charge on any atom is 0.254 e. The summed E-state index contributed by atoms with van der Waals surface area (Å²) in [7, 11) is 5.68. The van der Waals surface area contributed by atoms with Crippen molar-refractivity contribution < 1.29 is 13.9 Å². The molecule has 0 aromatic heterocycles. The standard InChI is InChI=1S/C26H36FN3O2/c1-20-11-12-22(16-25(20)32-4)26(31)30(15-14-28(2)3)18-21-8-7-13-29(17-21)19-23-9-5-6-10-24(23)27/h5-6,9-12,16,21H,7-8,13-15,17-19H2,1-4H3/t21-/m0/s1. The third-order valence-electron chi connectivity index (χ3n) is 6.19. The number of aryl methyl sites for hydroxylation is 1. The predicted octanol–water partition coefficient (Wildman–Crippen LogP) is 4.06. The number of carbonyl (C=O) groups is 1. The molecule has 1 saturated heterocycles. The van der Waals surface area contributed by atoms with Crippen molar-refractivity contribution in [1.82, 2.24) is 14.7 Å². The first-order valence-corrected chi connectivity index (χ1v) is 11.4. The van der Waals surface area contributed by atoms with Crippen LogP contribution in [-0.4, -0.2) is 74.5 Å². The van der Waals surface area contributed by atoms with Crippen LogP contribution in [0.2, 0.25) is 0 Å². The molecule has 0 bridgehead atoms. The second-order valence-electron chi connectivity index (χ2n) is 9.07. The molecule has 0 N–H and O–H groups in total. The van der Waals surface area contributed by atoms with Crippen LogP contribution in [0.5, 0.6) is 5.75 Å². The van der Waals surface area contributed by atoms with Gasteiger partial charge >= 0.3 is 0 Å². The first-order valence-electron chi connectivity index (χ1n) is 11.4. The molecular weight excluding hydrogens is 405 g/mol. The molecule has 5 nitrogen and oxygen atoms in total. The highest BCUT2D eigenvalue weighted by molar-refractivity contribution is 5.94. The largest absolute Gasteiger partial charge is 0.496 e. The van der Waals surface area contributed by atoms with Crippen molar-refractivity contribution in [2.75, 3.05) is 53.9 Å². The minimum Gasteiger partial charge on any atom is -0.496 e. The Morgan fingerprint density at radius 3 is 2.69 bits per heavy atom. The fourth-order valence-corrected chi connectivity index (χ4v) is 4.36. The van der Waals surface area contributed by atoms with E-state index in [-0.39, 0.29) is 11.7 Å². The van der Waals surface area contributed by atoms with Gasteiger partial charge in [0.1, 0.15) is 11.6 Å². The van der Waals surface area contributed by atoms with Gasteiger partial charge in [0.15, 0.2) is 0 Å². The smallest absolute Gasteiger partial charge is 0.254 e. The van der Waals surface area contributed by atoms with Gasteiger partial charge in [-0.15, -0.1) is 0 Å². The second kappa shape index (κ2) is 11.4. The minimum atomic E-state index is -0.147. The maximum absolute atomic E-state index is 14.1. The number of hydrogen-bond donors (Lipinski definition) is 0. The third-order valence-corrected chi connectivity index (χ3v) is 6.19. The summed E-state index contributed by atoms with van der Waals surface area (Å²) in [5, 5.41) is 0. The van der Waals surface area contributed by atoms with Gasteiger partial charge in [-0.3, -0.25) is 9.69 Å². The lowest BCUT2D eigenvalue weighted by Crippen LogP contribution is -2.44. The van der Waals surface area contributed by atoms with E-state index in [2.05, 4.69) is 9.80 Å². The SMILES string of the molecule is COc1cc(C(=O)N(CCN(C)C)C[C@H]2CCCN(Cc3ccccc3F)C2)ccc1C. The van der Waals surface area contributed by atoms with Crippen LogP contribution in [0.25, 0.3) is 0 Å². The molecule has 6 heteroatoms. The number of ether oxygens (including phenoxy) is 1. The Hall–Kier alpha value is -2.44. The fraction of sp³-hybridized carbons (Fsp3) is 0.500. The monoisotopic (exact) mass is 441 g/mol. The molecule has 1 atom stereocenters. The number of likely N-dealkylation sites (tertiary alicyclic amines) is 1. The third kappa shape index (κ3) is 6.53. The molecule has 0 unspecified atom stereocenters. The van der Waals surface area contributed by atoms with E-state index in [1.807, 2.05) is 56.3 Å². The fourth-order valence-electron chi connectivity index (χ4n) is 4.36. The average molecular weight is 442 g/mol. The Bertz CT molecular complexity index is 902. The lowest BCUT2D eigenvalue weighted by Gasteiger charge is -2.36. The summed E-state index contributed by atoms with van der Waals surface area (Å²) in [5.41, 5.74) is 2.41. The summed E-state index contributed by atoms with van der Waals surface area (Å²) in [5.74, 6) is 0.994. The Labute approximate surface area is 191 Å². The van der Waals surface area contributed by atoms with Crippen molar-refractivity contribution in [3.63, 3.8) is 0 Å². The van der Waals surface area contributed by atoms with Crippen molar-refractivity contribution in [1.29, 1.82) is 0 Å². The van der Waals surface area contributed by atoms with E-state index in [1.54, 1.807) is 13.2 Å². The van der Waals surface area contributed by atoms with Gasteiger partial charge in [0.25, 0.3) is 5.91 Å². The van der Waals surface area contributed by atoms with Gasteiger partial charge in [-0.05, 0) is 70.1 Å². The summed E-state index contributed by atoms with van der Waals surface area (Å²) in [4.78, 5) is 19.8. The highest BCUT2D eigenvalue weighted by Crippen LogP contribution is 2.23. The van der Waals surface area contributed by atoms with Crippen LogP contribution in [-0.2, 0) is 6.54 Å². The van der Waals surface area contributed by atoms with Gasteiger partial charge < -0.3 is 14.5 Å². The van der Waals surface area contributed by atoms with Crippen molar-refractivity contribution in [2.45, 2.75) is 26.3 Å². The zero-order valence-corrected chi connectivity index (χ0v) is 19.8. The molecule has 1 fully saturated rings. The summed E-state index contributed by atoms with van der Waals surface area (Å²) >= 11 is 0. The number of methoxy groups -OCH3 is 1. The van der Waals surface area contributed by atoms with Gasteiger partial charge in [-0.2, -0.15) is 0 Å². The zero-order chi connectivity index (χ0) is 23.1. The second-order valence-corrected chi connectivity index (χ2v) is 9.07. The molecule has 174 valence electrons. The van der Waals surface area contributed by atoms with Crippen LogP contribution < -0.4 is 4.74 Å². The number of halogens is 1. The highest BCUT2D eigenvalue weighted by atomic mass is 19.1. The van der Waals surface area contributed by atoms with Gasteiger partial charge in [0, 0.05) is 43.9 Å². The number of hydrogen-bond acceptors (Lipinski definition) is 4. The van der Waals surface area contributed by atoms with Crippen LogP contribution in [0, 0.1) is 18.7 Å². The molecule has 0 aliphatic carbocycles. The number of piperidine rings is 1. The van der Waals surface area contributed by atoms with Crippen molar-refractivity contribution in [3.8, 4) is 5.75 Å². The number of carbonyl (C=O) groups excluding carboxylic acids is 1. The molecule has 3 rings (SSSR count). The van der Waals surface area contributed by atoms with Gasteiger partial charge in [0.2, 0.25) is 0 Å². The predicted molar refractivity (Wildman–Crippen MR) is 127 cm³/mol. The number of nitrogens with zero attached hydrogens (tertiary/aromatic N) is 3. The first kappa shape index (κ1) is 24.2. The molecule has 1 amide bonds. The molecule has 2 aromatic rings. The summed E-state index contributed by atoms with van der Waals surface area (Å²) in [6.07, 6.45) is 2.14. The zero-order valence-electron chi connectivity index (χ0n) is 19.8. The van der Waals surface area contributed by atoms with Gasteiger partial charge in [0.05, 0.1) is 7.11 Å². The van der Waals surface area contributed by atoms with E-state index in [9.17, 15) is 9.18 Å². The summed E-state index contributed by atoms with van der Waals surface area (Å²) in [6.45, 7) is 6.61. The maximum atomic E-state index is 14.1. The van der Waals surface area contributed by atoms with E-state index in [0.29, 0.717) is 31.1 Å². The van der Waals surface area contributed by atoms with E-state index in [4.69, 9.17) is 4.74 Å². The van der Waals surface area contributed by atoms with Crippen molar-refractivity contribution in [2.24, 2.45) is 5.92 Å². The molecule has 2 aromatic carbocycles. The van der Waals surface area contributed by atoms with Crippen LogP contribution in [0.4, 0.5) is 4.39 Å².